The summed E-state index contributed by atoms with van der Waals surface area (Å²) in [5.74, 6) is 1.33. The first-order valence-corrected chi connectivity index (χ1v) is 9.40. The van der Waals surface area contributed by atoms with Crippen LogP contribution in [0.3, 0.4) is 0 Å². The maximum Gasteiger partial charge on any atom is 0.179 e. The third-order valence-electron chi connectivity index (χ3n) is 4.09. The summed E-state index contributed by atoms with van der Waals surface area (Å²) in [7, 11) is 0. The van der Waals surface area contributed by atoms with Gasteiger partial charge in [-0.2, -0.15) is 0 Å². The van der Waals surface area contributed by atoms with Crippen LogP contribution in [0.5, 0.6) is 11.5 Å². The molecule has 3 aromatic carbocycles. The molecule has 0 aromatic heterocycles. The lowest BCUT2D eigenvalue weighted by Gasteiger charge is -2.16. The van der Waals surface area contributed by atoms with Crippen LogP contribution in [0.15, 0.2) is 54.6 Å². The molecule has 0 aliphatic carbocycles. The fourth-order valence-corrected chi connectivity index (χ4v) is 3.20. The average Bonchev–Trinajstić information content (AvgIpc) is 2.66. The van der Waals surface area contributed by atoms with Gasteiger partial charge in [-0.15, -0.1) is 0 Å². The van der Waals surface area contributed by atoms with Gasteiger partial charge in [-0.25, -0.2) is 0 Å². The molecule has 0 atom stereocenters. The zero-order valence-electron chi connectivity index (χ0n) is 15.2. The van der Waals surface area contributed by atoms with Crippen molar-refractivity contribution in [2.45, 2.75) is 26.8 Å². The molecule has 0 saturated heterocycles. The molecule has 136 valence electrons. The number of rotatable bonds is 8. The summed E-state index contributed by atoms with van der Waals surface area (Å²) in [5, 5.41) is 6.51. The van der Waals surface area contributed by atoms with Crippen LogP contribution in [0.4, 0.5) is 5.69 Å². The van der Waals surface area contributed by atoms with E-state index in [1.54, 1.807) is 0 Å². The maximum atomic E-state index is 6.45. The van der Waals surface area contributed by atoms with Crippen molar-refractivity contribution in [1.82, 2.24) is 0 Å². The Morgan fingerprint density at radius 2 is 1.77 bits per heavy atom. The van der Waals surface area contributed by atoms with Gasteiger partial charge in [0.25, 0.3) is 0 Å². The van der Waals surface area contributed by atoms with E-state index in [0.29, 0.717) is 36.3 Å². The van der Waals surface area contributed by atoms with E-state index in [1.807, 2.05) is 19.1 Å². The van der Waals surface area contributed by atoms with Crippen LogP contribution >= 0.6 is 11.6 Å². The third kappa shape index (κ3) is 4.23. The highest BCUT2D eigenvalue weighted by Gasteiger charge is 2.12. The standard InChI is InChI=1S/C22H24ClNO2/c1-3-12-26-22-19(23)13-16(14-21(22)25-4-2)15-24-20-11-7-9-17-8-5-6-10-18(17)20/h5-11,13-14,24H,3-4,12,15H2,1-2H3. The number of anilines is 1. The fourth-order valence-electron chi connectivity index (χ4n) is 2.91. The Morgan fingerprint density at radius 3 is 2.58 bits per heavy atom. The Morgan fingerprint density at radius 1 is 0.962 bits per heavy atom. The second-order valence-corrected chi connectivity index (χ2v) is 6.47. The number of ether oxygens (including phenoxy) is 2. The van der Waals surface area contributed by atoms with E-state index in [2.05, 4.69) is 54.7 Å². The molecular formula is C22H24ClNO2. The van der Waals surface area contributed by atoms with Gasteiger partial charge in [0.2, 0.25) is 0 Å². The van der Waals surface area contributed by atoms with Crippen molar-refractivity contribution in [2.24, 2.45) is 0 Å². The molecule has 4 heteroatoms. The quantitative estimate of drug-likeness (QED) is 0.506. The summed E-state index contributed by atoms with van der Waals surface area (Å²) >= 11 is 6.45. The van der Waals surface area contributed by atoms with Crippen LogP contribution in [0.25, 0.3) is 10.8 Å². The number of hydrogen-bond donors (Lipinski definition) is 1. The van der Waals surface area contributed by atoms with Gasteiger partial charge in [0.15, 0.2) is 11.5 Å². The smallest absolute Gasteiger partial charge is 0.179 e. The molecule has 0 heterocycles. The molecule has 0 unspecified atom stereocenters. The highest BCUT2D eigenvalue weighted by atomic mass is 35.5. The molecule has 0 bridgehead atoms. The van der Waals surface area contributed by atoms with Gasteiger partial charge >= 0.3 is 0 Å². The van der Waals surface area contributed by atoms with Gasteiger partial charge in [0.1, 0.15) is 0 Å². The summed E-state index contributed by atoms with van der Waals surface area (Å²) in [6.07, 6.45) is 0.923. The summed E-state index contributed by atoms with van der Waals surface area (Å²) in [6.45, 7) is 5.86. The van der Waals surface area contributed by atoms with Crippen molar-refractivity contribution >= 4 is 28.1 Å². The lowest BCUT2D eigenvalue weighted by Crippen LogP contribution is -2.04. The lowest BCUT2D eigenvalue weighted by atomic mass is 10.1. The Labute approximate surface area is 159 Å². The normalized spacial score (nSPS) is 10.7. The number of nitrogens with one attached hydrogen (secondary N) is 1. The molecule has 0 amide bonds. The summed E-state index contributed by atoms with van der Waals surface area (Å²) in [4.78, 5) is 0. The third-order valence-corrected chi connectivity index (χ3v) is 4.37. The summed E-state index contributed by atoms with van der Waals surface area (Å²) in [5.41, 5.74) is 2.15. The minimum atomic E-state index is 0.568. The number of hydrogen-bond acceptors (Lipinski definition) is 3. The van der Waals surface area contributed by atoms with Crippen LogP contribution in [-0.2, 0) is 6.54 Å². The minimum absolute atomic E-state index is 0.568. The van der Waals surface area contributed by atoms with Gasteiger partial charge < -0.3 is 14.8 Å². The molecule has 3 aromatic rings. The van der Waals surface area contributed by atoms with Crippen LogP contribution in [0, 0.1) is 0 Å². The van der Waals surface area contributed by atoms with E-state index in [4.69, 9.17) is 21.1 Å². The van der Waals surface area contributed by atoms with Gasteiger partial charge in [0, 0.05) is 17.6 Å². The zero-order valence-corrected chi connectivity index (χ0v) is 16.0. The van der Waals surface area contributed by atoms with Crippen molar-refractivity contribution in [3.05, 3.63) is 65.2 Å². The highest BCUT2D eigenvalue weighted by molar-refractivity contribution is 6.32. The van der Waals surface area contributed by atoms with Gasteiger partial charge in [-0.1, -0.05) is 54.9 Å². The Bertz CT molecular complexity index is 874. The predicted octanol–water partition coefficient (Wildman–Crippen LogP) is 6.29. The van der Waals surface area contributed by atoms with Crippen molar-refractivity contribution in [1.29, 1.82) is 0 Å². The van der Waals surface area contributed by atoms with E-state index < -0.39 is 0 Å². The second-order valence-electron chi connectivity index (χ2n) is 6.07. The number of benzene rings is 3. The molecule has 3 rings (SSSR count). The van der Waals surface area contributed by atoms with Crippen LogP contribution in [-0.4, -0.2) is 13.2 Å². The fraction of sp³-hybridized carbons (Fsp3) is 0.273. The first-order valence-electron chi connectivity index (χ1n) is 9.02. The van der Waals surface area contributed by atoms with Gasteiger partial charge in [-0.3, -0.25) is 0 Å². The predicted molar refractivity (Wildman–Crippen MR) is 110 cm³/mol. The molecule has 26 heavy (non-hydrogen) atoms. The summed E-state index contributed by atoms with van der Waals surface area (Å²) in [6, 6.07) is 18.5. The molecule has 0 aliphatic heterocycles. The molecular weight excluding hydrogens is 346 g/mol. The molecule has 3 nitrogen and oxygen atoms in total. The number of fused-ring (bicyclic) bond motifs is 1. The first-order chi connectivity index (χ1) is 12.7. The lowest BCUT2D eigenvalue weighted by molar-refractivity contribution is 0.277. The second kappa shape index (κ2) is 8.81. The average molecular weight is 370 g/mol. The SMILES string of the molecule is CCCOc1c(Cl)cc(CNc2cccc3ccccc23)cc1OCC. The van der Waals surface area contributed by atoms with Crippen LogP contribution < -0.4 is 14.8 Å². The largest absolute Gasteiger partial charge is 0.490 e. The van der Waals surface area contributed by atoms with Crippen LogP contribution in [0.2, 0.25) is 5.02 Å². The summed E-state index contributed by atoms with van der Waals surface area (Å²) < 4.78 is 11.5. The maximum absolute atomic E-state index is 6.45. The van der Waals surface area contributed by atoms with Crippen molar-refractivity contribution < 1.29 is 9.47 Å². The monoisotopic (exact) mass is 369 g/mol. The Kier molecular flexibility index (Phi) is 6.24. The van der Waals surface area contributed by atoms with E-state index in [-0.39, 0.29) is 0 Å². The van der Waals surface area contributed by atoms with Crippen molar-refractivity contribution in [2.75, 3.05) is 18.5 Å². The molecule has 1 N–H and O–H groups in total. The van der Waals surface area contributed by atoms with Gasteiger partial charge in [-0.05, 0) is 42.5 Å². The number of halogens is 1. The molecule has 0 saturated carbocycles. The van der Waals surface area contributed by atoms with E-state index >= 15 is 0 Å². The highest BCUT2D eigenvalue weighted by Crippen LogP contribution is 2.37. The zero-order chi connectivity index (χ0) is 18.4. The van der Waals surface area contributed by atoms with E-state index in [9.17, 15) is 0 Å². The first kappa shape index (κ1) is 18.4. The Hall–Kier alpha value is -2.39. The van der Waals surface area contributed by atoms with E-state index in [0.717, 1.165) is 17.7 Å². The van der Waals surface area contributed by atoms with E-state index in [1.165, 1.54) is 10.8 Å². The van der Waals surface area contributed by atoms with Crippen molar-refractivity contribution in [3.63, 3.8) is 0 Å². The molecule has 0 aliphatic rings. The Balaban J connectivity index is 1.83. The van der Waals surface area contributed by atoms with Crippen molar-refractivity contribution in [3.8, 4) is 11.5 Å². The molecule has 0 spiro atoms. The van der Waals surface area contributed by atoms with Crippen LogP contribution in [0.1, 0.15) is 25.8 Å². The topological polar surface area (TPSA) is 30.5 Å². The minimum Gasteiger partial charge on any atom is -0.490 e. The van der Waals surface area contributed by atoms with Gasteiger partial charge in [0.05, 0.1) is 18.2 Å². The molecule has 0 radical (unpaired) electrons. The molecule has 0 fully saturated rings.